The number of aryl methyl sites for hydroxylation is 3. The number of hydrogen-bond acceptors (Lipinski definition) is 3. The summed E-state index contributed by atoms with van der Waals surface area (Å²) < 4.78 is 5.43. The molecule has 1 aliphatic rings. The third-order valence-electron chi connectivity index (χ3n) is 4.61. The van der Waals surface area contributed by atoms with Crippen LogP contribution in [0.4, 0.5) is 4.79 Å². The Morgan fingerprint density at radius 1 is 1.12 bits per heavy atom. The second-order valence-electron chi connectivity index (χ2n) is 6.52. The topological polar surface area (TPSA) is 83.8 Å². The molecule has 134 valence electrons. The highest BCUT2D eigenvalue weighted by Gasteiger charge is 2.27. The fraction of sp³-hybridized carbons (Fsp3) is 0.579. The van der Waals surface area contributed by atoms with Crippen molar-refractivity contribution in [3.63, 3.8) is 0 Å². The number of carbonyl (C=O) groups excluding carboxylic acids is 1. The minimum Gasteiger partial charge on any atom is -0.450 e. The molecule has 0 radical (unpaired) electrons. The van der Waals surface area contributed by atoms with E-state index in [2.05, 4.69) is 32.9 Å². The number of benzene rings is 1. The Morgan fingerprint density at radius 3 is 2.17 bits per heavy atom. The molecule has 2 atom stereocenters. The van der Waals surface area contributed by atoms with Crippen LogP contribution in [0.5, 0.6) is 0 Å². The predicted molar refractivity (Wildman–Crippen MR) is 92.8 cm³/mol. The molecule has 5 nitrogen and oxygen atoms in total. The lowest BCUT2D eigenvalue weighted by Crippen LogP contribution is -2.28. The van der Waals surface area contributed by atoms with Crippen molar-refractivity contribution in [2.24, 2.45) is 5.92 Å². The first kappa shape index (κ1) is 20.2. The van der Waals surface area contributed by atoms with E-state index in [0.717, 1.165) is 25.7 Å². The minimum atomic E-state index is -1.83. The zero-order chi connectivity index (χ0) is 18.3. The third-order valence-corrected chi connectivity index (χ3v) is 4.61. The Labute approximate surface area is 143 Å². The van der Waals surface area contributed by atoms with Crippen molar-refractivity contribution in [3.8, 4) is 0 Å². The lowest BCUT2D eigenvalue weighted by atomic mass is 9.81. The molecular formula is C19H28O5. The quantitative estimate of drug-likeness (QED) is 0.863. The Hall–Kier alpha value is -1.88. The Balaban J connectivity index is 0.000000648. The van der Waals surface area contributed by atoms with E-state index in [0.29, 0.717) is 12.2 Å². The minimum absolute atomic E-state index is 0.189. The molecule has 1 fully saturated rings. The maximum absolute atomic E-state index is 12.6. The van der Waals surface area contributed by atoms with Crippen molar-refractivity contribution in [1.82, 2.24) is 0 Å². The van der Waals surface area contributed by atoms with Crippen LogP contribution in [0, 0.1) is 26.7 Å². The summed E-state index contributed by atoms with van der Waals surface area (Å²) in [5.41, 5.74) is 4.98. The standard InChI is InChI=1S/C18H26O2.CH2O3/c1-12-8-13(2)17(14(3)9-12)11-18(19)15-6-5-7-16(10-15)20-4;2-1(3)4/h8-9,15-16H,5-7,10-11H2,1-4H3;(H2,2,3,4). The van der Waals surface area contributed by atoms with Gasteiger partial charge in [-0.05, 0) is 56.7 Å². The van der Waals surface area contributed by atoms with E-state index in [4.69, 9.17) is 19.7 Å². The van der Waals surface area contributed by atoms with Gasteiger partial charge in [-0.25, -0.2) is 4.79 Å². The number of methoxy groups -OCH3 is 1. The molecule has 5 heteroatoms. The number of carboxylic acid groups (broad SMARTS) is 2. The van der Waals surface area contributed by atoms with Gasteiger partial charge in [-0.15, -0.1) is 0 Å². The summed E-state index contributed by atoms with van der Waals surface area (Å²) in [6.07, 6.45) is 3.17. The summed E-state index contributed by atoms with van der Waals surface area (Å²) in [5.74, 6) is 0.579. The van der Waals surface area contributed by atoms with Crippen LogP contribution in [-0.2, 0) is 16.0 Å². The highest BCUT2D eigenvalue weighted by molar-refractivity contribution is 5.84. The fourth-order valence-corrected chi connectivity index (χ4v) is 3.46. The summed E-state index contributed by atoms with van der Waals surface area (Å²) in [5, 5.41) is 13.9. The molecular weight excluding hydrogens is 308 g/mol. The van der Waals surface area contributed by atoms with Crippen LogP contribution in [-0.4, -0.2) is 35.4 Å². The van der Waals surface area contributed by atoms with Crippen LogP contribution in [0.25, 0.3) is 0 Å². The maximum atomic E-state index is 12.6. The van der Waals surface area contributed by atoms with E-state index in [1.165, 1.54) is 22.3 Å². The van der Waals surface area contributed by atoms with E-state index in [9.17, 15) is 4.79 Å². The van der Waals surface area contributed by atoms with Gasteiger partial charge < -0.3 is 14.9 Å². The number of ketones is 1. The molecule has 0 amide bonds. The molecule has 0 saturated heterocycles. The average Bonchev–Trinajstić information content (AvgIpc) is 2.50. The Morgan fingerprint density at radius 2 is 1.67 bits per heavy atom. The molecule has 0 spiro atoms. The molecule has 0 bridgehead atoms. The first-order valence-electron chi connectivity index (χ1n) is 8.28. The summed E-state index contributed by atoms with van der Waals surface area (Å²) in [4.78, 5) is 21.1. The van der Waals surface area contributed by atoms with Crippen molar-refractivity contribution in [3.05, 3.63) is 34.4 Å². The summed E-state index contributed by atoms with van der Waals surface area (Å²) in [7, 11) is 1.76. The zero-order valence-corrected chi connectivity index (χ0v) is 15.0. The lowest BCUT2D eigenvalue weighted by Gasteiger charge is -2.27. The number of hydrogen-bond donors (Lipinski definition) is 2. The third kappa shape index (κ3) is 6.32. The largest absolute Gasteiger partial charge is 0.503 e. The van der Waals surface area contributed by atoms with Crippen LogP contribution in [0.3, 0.4) is 0 Å². The molecule has 1 aliphatic carbocycles. The lowest BCUT2D eigenvalue weighted by molar-refractivity contribution is -0.124. The highest BCUT2D eigenvalue weighted by atomic mass is 16.6. The number of ether oxygens (including phenoxy) is 1. The fourth-order valence-electron chi connectivity index (χ4n) is 3.46. The van der Waals surface area contributed by atoms with Crippen molar-refractivity contribution in [1.29, 1.82) is 0 Å². The van der Waals surface area contributed by atoms with Crippen molar-refractivity contribution in [2.75, 3.05) is 7.11 Å². The van der Waals surface area contributed by atoms with Crippen molar-refractivity contribution >= 4 is 11.9 Å². The van der Waals surface area contributed by atoms with Crippen LogP contribution in [0.2, 0.25) is 0 Å². The van der Waals surface area contributed by atoms with Gasteiger partial charge in [-0.3, -0.25) is 4.79 Å². The number of Topliss-reactive ketones (excluding diaryl/α,β-unsaturated/α-hetero) is 1. The van der Waals surface area contributed by atoms with Crippen molar-refractivity contribution in [2.45, 2.75) is 59.0 Å². The number of rotatable bonds is 4. The van der Waals surface area contributed by atoms with Gasteiger partial charge in [0.25, 0.3) is 0 Å². The second kappa shape index (κ2) is 9.42. The monoisotopic (exact) mass is 336 g/mol. The average molecular weight is 336 g/mol. The van der Waals surface area contributed by atoms with E-state index < -0.39 is 6.16 Å². The van der Waals surface area contributed by atoms with Gasteiger partial charge in [-0.1, -0.05) is 24.1 Å². The van der Waals surface area contributed by atoms with Crippen molar-refractivity contribution < 1.29 is 24.5 Å². The molecule has 1 aromatic carbocycles. The molecule has 24 heavy (non-hydrogen) atoms. The van der Waals surface area contributed by atoms with Gasteiger partial charge in [-0.2, -0.15) is 0 Å². The highest BCUT2D eigenvalue weighted by Crippen LogP contribution is 2.28. The van der Waals surface area contributed by atoms with E-state index in [1.807, 2.05) is 0 Å². The maximum Gasteiger partial charge on any atom is 0.503 e. The molecule has 2 unspecified atom stereocenters. The molecule has 1 aromatic rings. The van der Waals surface area contributed by atoms with Crippen LogP contribution in [0.1, 0.15) is 47.9 Å². The smallest absolute Gasteiger partial charge is 0.450 e. The second-order valence-corrected chi connectivity index (χ2v) is 6.52. The van der Waals surface area contributed by atoms with Crippen LogP contribution >= 0.6 is 0 Å². The predicted octanol–water partition coefficient (Wildman–Crippen LogP) is 4.15. The van der Waals surface area contributed by atoms with Gasteiger partial charge in [0.05, 0.1) is 6.10 Å². The summed E-state index contributed by atoms with van der Waals surface area (Å²) >= 11 is 0. The molecule has 0 aromatic heterocycles. The Bertz CT molecular complexity index is 552. The normalized spacial score (nSPS) is 20.0. The van der Waals surface area contributed by atoms with Gasteiger partial charge in [0.15, 0.2) is 0 Å². The molecule has 2 rings (SSSR count). The van der Waals surface area contributed by atoms with E-state index in [1.54, 1.807) is 7.11 Å². The molecule has 1 saturated carbocycles. The van der Waals surface area contributed by atoms with Crippen LogP contribution in [0.15, 0.2) is 12.1 Å². The SMILES string of the molecule is COC1CCCC(C(=O)Cc2c(C)cc(C)cc2C)C1.O=C(O)O. The number of carbonyl (C=O) groups is 2. The van der Waals surface area contributed by atoms with Gasteiger partial charge in [0.1, 0.15) is 5.78 Å². The first-order chi connectivity index (χ1) is 11.2. The van der Waals surface area contributed by atoms with Gasteiger partial charge in [0.2, 0.25) is 0 Å². The van der Waals surface area contributed by atoms with Gasteiger partial charge >= 0.3 is 6.16 Å². The zero-order valence-electron chi connectivity index (χ0n) is 15.0. The molecule has 0 aliphatic heterocycles. The molecule has 2 N–H and O–H groups in total. The van der Waals surface area contributed by atoms with Crippen LogP contribution < -0.4 is 0 Å². The Kier molecular flexibility index (Phi) is 7.92. The molecule has 0 heterocycles. The summed E-state index contributed by atoms with van der Waals surface area (Å²) in [6, 6.07) is 4.35. The van der Waals surface area contributed by atoms with Gasteiger partial charge in [0, 0.05) is 19.4 Å². The van der Waals surface area contributed by atoms with E-state index >= 15 is 0 Å². The van der Waals surface area contributed by atoms with E-state index in [-0.39, 0.29) is 12.0 Å². The first-order valence-corrected chi connectivity index (χ1v) is 8.28. The summed E-state index contributed by atoms with van der Waals surface area (Å²) in [6.45, 7) is 6.33.